The SMILES string of the molecule is CCC1(COCCCCCCOc2ccc(C(=O)Oc3ccc4c(c3)C(C)c3cc(OC(=O)c5ccc(OCCCCCCOCC6(CC)COC6)cc5)ccc3-4)cc2)COC1. The summed E-state index contributed by atoms with van der Waals surface area (Å²) >= 11 is 0. The van der Waals surface area contributed by atoms with E-state index in [1.165, 1.54) is 0 Å². The molecule has 4 aromatic rings. The first-order valence-corrected chi connectivity index (χ1v) is 22.8. The lowest BCUT2D eigenvalue weighted by molar-refractivity contribution is -0.150. The zero-order valence-electron chi connectivity index (χ0n) is 36.9. The zero-order valence-corrected chi connectivity index (χ0v) is 36.9. The third-order valence-electron chi connectivity index (χ3n) is 12.7. The number of benzene rings is 4. The minimum absolute atomic E-state index is 0.00785. The fourth-order valence-electron chi connectivity index (χ4n) is 8.13. The Hall–Kier alpha value is -4.74. The molecule has 0 saturated carbocycles. The van der Waals surface area contributed by atoms with Crippen molar-refractivity contribution in [2.75, 3.05) is 66.1 Å². The summed E-state index contributed by atoms with van der Waals surface area (Å²) in [5.41, 5.74) is 5.61. The molecule has 3 aliphatic rings. The fourth-order valence-corrected chi connectivity index (χ4v) is 8.13. The molecule has 0 unspecified atom stereocenters. The van der Waals surface area contributed by atoms with Gasteiger partial charge < -0.3 is 37.9 Å². The van der Waals surface area contributed by atoms with E-state index in [1.807, 2.05) is 60.7 Å². The van der Waals surface area contributed by atoms with E-state index in [4.69, 9.17) is 37.9 Å². The van der Waals surface area contributed by atoms with Gasteiger partial charge >= 0.3 is 11.9 Å². The van der Waals surface area contributed by atoms with Gasteiger partial charge in [0.05, 0.1) is 64.0 Å². The number of rotatable bonds is 26. The molecule has 10 heteroatoms. The summed E-state index contributed by atoms with van der Waals surface area (Å²) in [6, 6.07) is 25.6. The van der Waals surface area contributed by atoms with Crippen molar-refractivity contribution in [1.29, 1.82) is 0 Å². The van der Waals surface area contributed by atoms with E-state index in [-0.39, 0.29) is 16.7 Å². The second-order valence-corrected chi connectivity index (χ2v) is 17.4. The van der Waals surface area contributed by atoms with Crippen molar-refractivity contribution in [1.82, 2.24) is 0 Å². The molecule has 2 aliphatic heterocycles. The van der Waals surface area contributed by atoms with Gasteiger partial charge in [-0.15, -0.1) is 0 Å². The molecule has 4 aromatic carbocycles. The summed E-state index contributed by atoms with van der Waals surface area (Å²) in [7, 11) is 0. The molecule has 2 fully saturated rings. The van der Waals surface area contributed by atoms with Crippen LogP contribution in [0.2, 0.25) is 0 Å². The van der Waals surface area contributed by atoms with Crippen molar-refractivity contribution in [2.45, 2.75) is 90.9 Å². The maximum atomic E-state index is 13.1. The molecule has 0 radical (unpaired) electrons. The molecular weight excluding hydrogens is 785 g/mol. The number of carbonyl (C=O) groups is 2. The maximum Gasteiger partial charge on any atom is 0.343 e. The van der Waals surface area contributed by atoms with Crippen LogP contribution in [0.15, 0.2) is 84.9 Å². The summed E-state index contributed by atoms with van der Waals surface area (Å²) in [6.45, 7) is 14.2. The average Bonchev–Trinajstić information content (AvgIpc) is 3.54. The van der Waals surface area contributed by atoms with Gasteiger partial charge in [0.15, 0.2) is 0 Å². The minimum atomic E-state index is -0.432. The highest BCUT2D eigenvalue weighted by Gasteiger charge is 2.37. The highest BCUT2D eigenvalue weighted by molar-refractivity contribution is 5.92. The van der Waals surface area contributed by atoms with Gasteiger partial charge in [0, 0.05) is 30.0 Å². The predicted octanol–water partition coefficient (Wildman–Crippen LogP) is 11.0. The van der Waals surface area contributed by atoms with E-state index < -0.39 is 11.9 Å². The number of ether oxygens (including phenoxy) is 8. The topological polar surface area (TPSA) is 108 Å². The van der Waals surface area contributed by atoms with Crippen LogP contribution in [0.5, 0.6) is 23.0 Å². The molecule has 7 rings (SSSR count). The van der Waals surface area contributed by atoms with Crippen LogP contribution in [0, 0.1) is 10.8 Å². The Balaban J connectivity index is 0.791. The Morgan fingerprint density at radius 3 is 1.24 bits per heavy atom. The van der Waals surface area contributed by atoms with Crippen molar-refractivity contribution < 1.29 is 47.5 Å². The average molecular weight is 849 g/mol. The van der Waals surface area contributed by atoms with E-state index in [2.05, 4.69) is 20.8 Å². The summed E-state index contributed by atoms with van der Waals surface area (Å²) in [6.07, 6.45) is 10.6. The van der Waals surface area contributed by atoms with Gasteiger partial charge in [-0.1, -0.05) is 45.7 Å². The lowest BCUT2D eigenvalue weighted by atomic mass is 9.84. The lowest BCUT2D eigenvalue weighted by Crippen LogP contribution is -2.45. The molecule has 2 saturated heterocycles. The van der Waals surface area contributed by atoms with Crippen LogP contribution < -0.4 is 18.9 Å². The van der Waals surface area contributed by atoms with Crippen LogP contribution in [0.4, 0.5) is 0 Å². The molecule has 0 aromatic heterocycles. The number of hydrogen-bond acceptors (Lipinski definition) is 10. The van der Waals surface area contributed by atoms with Gasteiger partial charge in [0.25, 0.3) is 0 Å². The Morgan fingerprint density at radius 2 is 0.887 bits per heavy atom. The quantitative estimate of drug-likeness (QED) is 0.0344. The van der Waals surface area contributed by atoms with Gasteiger partial charge in [-0.2, -0.15) is 0 Å². The van der Waals surface area contributed by atoms with E-state index in [1.54, 1.807) is 24.3 Å². The first-order chi connectivity index (χ1) is 30.3. The van der Waals surface area contributed by atoms with E-state index in [0.29, 0.717) is 35.8 Å². The van der Waals surface area contributed by atoms with E-state index >= 15 is 0 Å². The molecule has 62 heavy (non-hydrogen) atoms. The monoisotopic (exact) mass is 848 g/mol. The van der Waals surface area contributed by atoms with Crippen LogP contribution >= 0.6 is 0 Å². The van der Waals surface area contributed by atoms with Gasteiger partial charge in [-0.3, -0.25) is 0 Å². The highest BCUT2D eigenvalue weighted by atomic mass is 16.5. The smallest absolute Gasteiger partial charge is 0.343 e. The number of unbranched alkanes of at least 4 members (excludes halogenated alkanes) is 6. The maximum absolute atomic E-state index is 13.1. The molecule has 0 spiro atoms. The number of esters is 2. The largest absolute Gasteiger partial charge is 0.494 e. The molecule has 0 N–H and O–H groups in total. The third kappa shape index (κ3) is 11.8. The predicted molar refractivity (Wildman–Crippen MR) is 239 cm³/mol. The molecule has 1 aliphatic carbocycles. The Morgan fingerprint density at radius 1 is 0.516 bits per heavy atom. The molecule has 332 valence electrons. The highest BCUT2D eigenvalue weighted by Crippen LogP contribution is 2.47. The van der Waals surface area contributed by atoms with Crippen molar-refractivity contribution in [2.24, 2.45) is 10.8 Å². The summed E-state index contributed by atoms with van der Waals surface area (Å²) < 4.78 is 46.0. The van der Waals surface area contributed by atoms with Crippen LogP contribution in [-0.4, -0.2) is 78.0 Å². The number of fused-ring (bicyclic) bond motifs is 3. The summed E-state index contributed by atoms with van der Waals surface area (Å²) in [5.74, 6) is 1.54. The Bertz CT molecular complexity index is 1890. The van der Waals surface area contributed by atoms with E-state index in [9.17, 15) is 9.59 Å². The molecule has 0 atom stereocenters. The second-order valence-electron chi connectivity index (χ2n) is 17.4. The zero-order chi connectivity index (χ0) is 43.2. The third-order valence-corrected chi connectivity index (χ3v) is 12.7. The number of hydrogen-bond donors (Lipinski definition) is 0. The Labute approximate surface area is 367 Å². The van der Waals surface area contributed by atoms with Gasteiger partial charge in [0.2, 0.25) is 0 Å². The summed E-state index contributed by atoms with van der Waals surface area (Å²) in [4.78, 5) is 26.2. The van der Waals surface area contributed by atoms with Crippen molar-refractivity contribution in [3.63, 3.8) is 0 Å². The van der Waals surface area contributed by atoms with Crippen LogP contribution in [0.3, 0.4) is 0 Å². The van der Waals surface area contributed by atoms with Crippen LogP contribution in [0.25, 0.3) is 11.1 Å². The van der Waals surface area contributed by atoms with Gasteiger partial charge in [-0.05, 0) is 146 Å². The lowest BCUT2D eigenvalue weighted by Gasteiger charge is -2.40. The molecule has 0 bridgehead atoms. The second kappa shape index (κ2) is 22.1. The molecule has 10 nitrogen and oxygen atoms in total. The first kappa shape index (κ1) is 45.3. The van der Waals surface area contributed by atoms with Gasteiger partial charge in [0.1, 0.15) is 23.0 Å². The molecule has 2 heterocycles. The van der Waals surface area contributed by atoms with Crippen LogP contribution in [0.1, 0.15) is 123 Å². The van der Waals surface area contributed by atoms with Crippen molar-refractivity contribution in [3.8, 4) is 34.1 Å². The standard InChI is InChI=1S/C52H64O10/c1-4-51(34-57-35-51)32-55-26-10-6-8-12-28-59-41-18-14-39(15-19-41)49(53)61-43-22-24-45-46-25-23-44(31-48(46)38(3)47(45)30-43)62-50(54)40-16-20-42(21-17-40)60-29-13-9-7-11-27-56-33-52(5-2)36-58-37-52/h14-25,30-31,38H,4-13,26-29,32-37H2,1-3H3. The molecular formula is C52H64O10. The first-order valence-electron chi connectivity index (χ1n) is 22.8. The van der Waals surface area contributed by atoms with Gasteiger partial charge in [-0.25, -0.2) is 9.59 Å². The number of carbonyl (C=O) groups excluding carboxylic acids is 2. The minimum Gasteiger partial charge on any atom is -0.494 e. The molecule has 0 amide bonds. The van der Waals surface area contributed by atoms with Crippen molar-refractivity contribution >= 4 is 11.9 Å². The normalized spacial score (nSPS) is 15.8. The van der Waals surface area contributed by atoms with E-state index in [0.717, 1.165) is 151 Å². The fraction of sp³-hybridized carbons (Fsp3) is 0.500. The summed E-state index contributed by atoms with van der Waals surface area (Å²) in [5, 5.41) is 0. The van der Waals surface area contributed by atoms with Crippen molar-refractivity contribution in [3.05, 3.63) is 107 Å². The van der Waals surface area contributed by atoms with Crippen LogP contribution in [-0.2, 0) is 18.9 Å². The Kier molecular flexibility index (Phi) is 16.1.